The van der Waals surface area contributed by atoms with Crippen LogP contribution < -0.4 is 0 Å². The van der Waals surface area contributed by atoms with Gasteiger partial charge in [-0.2, -0.15) is 5.10 Å². The number of nitrogens with zero attached hydrogens (tertiary/aromatic N) is 3. The van der Waals surface area contributed by atoms with Crippen LogP contribution in [-0.4, -0.2) is 50.0 Å². The van der Waals surface area contributed by atoms with Gasteiger partial charge in [0, 0.05) is 13.6 Å². The lowest BCUT2D eigenvalue weighted by molar-refractivity contribution is 0.0153. The van der Waals surface area contributed by atoms with Crippen LogP contribution in [0.1, 0.15) is 36.2 Å². The highest BCUT2D eigenvalue weighted by Gasteiger charge is 2.34. The van der Waals surface area contributed by atoms with Gasteiger partial charge in [0.2, 0.25) is 0 Å². The summed E-state index contributed by atoms with van der Waals surface area (Å²) in [6.07, 6.45) is 4.53. The minimum atomic E-state index is -0.862. The van der Waals surface area contributed by atoms with E-state index in [0.29, 0.717) is 18.5 Å². The number of aromatic hydroxyl groups is 1. The SMILES string of the molecule is CN(CC1(O)CCCC1)C(=O)c1nn(-c2ccc(F)cc2)cc1O. The Morgan fingerprint density at radius 1 is 1.33 bits per heavy atom. The molecule has 0 saturated heterocycles. The predicted molar refractivity (Wildman–Crippen MR) is 85.6 cm³/mol. The van der Waals surface area contributed by atoms with Gasteiger partial charge < -0.3 is 15.1 Å². The summed E-state index contributed by atoms with van der Waals surface area (Å²) in [7, 11) is 1.58. The maximum atomic E-state index is 13.0. The Kier molecular flexibility index (Phi) is 4.28. The highest BCUT2D eigenvalue weighted by molar-refractivity contribution is 5.94. The van der Waals surface area contributed by atoms with Crippen molar-refractivity contribution in [2.45, 2.75) is 31.3 Å². The molecule has 1 aliphatic carbocycles. The second kappa shape index (κ2) is 6.24. The number of aliphatic hydroxyl groups is 1. The second-order valence-corrected chi connectivity index (χ2v) is 6.38. The molecule has 1 aromatic carbocycles. The van der Waals surface area contributed by atoms with Crippen molar-refractivity contribution in [1.82, 2.24) is 14.7 Å². The number of benzene rings is 1. The van der Waals surface area contributed by atoms with Gasteiger partial charge in [0.1, 0.15) is 5.82 Å². The third-order valence-corrected chi connectivity index (χ3v) is 4.40. The van der Waals surface area contributed by atoms with Gasteiger partial charge in [0.05, 0.1) is 17.5 Å². The zero-order chi connectivity index (χ0) is 17.3. The number of carbonyl (C=O) groups excluding carboxylic acids is 1. The molecule has 2 N–H and O–H groups in total. The molecule has 0 aliphatic heterocycles. The van der Waals surface area contributed by atoms with E-state index in [4.69, 9.17) is 0 Å². The van der Waals surface area contributed by atoms with E-state index in [1.807, 2.05) is 0 Å². The maximum Gasteiger partial charge on any atom is 0.278 e. The van der Waals surface area contributed by atoms with Crippen molar-refractivity contribution in [2.75, 3.05) is 13.6 Å². The molecule has 0 radical (unpaired) electrons. The molecule has 6 nitrogen and oxygen atoms in total. The van der Waals surface area contributed by atoms with E-state index >= 15 is 0 Å². The molecule has 7 heteroatoms. The standard InChI is InChI=1S/C17H20FN3O3/c1-20(11-17(24)8-2-3-9-17)16(23)15-14(22)10-21(19-15)13-6-4-12(18)5-7-13/h4-7,10,22,24H,2-3,8-9,11H2,1H3. The van der Waals surface area contributed by atoms with Crippen molar-refractivity contribution in [3.63, 3.8) is 0 Å². The zero-order valence-corrected chi connectivity index (χ0v) is 13.4. The molecule has 1 saturated carbocycles. The van der Waals surface area contributed by atoms with Gasteiger partial charge in [-0.15, -0.1) is 0 Å². The van der Waals surface area contributed by atoms with Crippen molar-refractivity contribution in [1.29, 1.82) is 0 Å². The largest absolute Gasteiger partial charge is 0.504 e. The van der Waals surface area contributed by atoms with Crippen molar-refractivity contribution in [3.05, 3.63) is 42.0 Å². The van der Waals surface area contributed by atoms with E-state index in [0.717, 1.165) is 12.8 Å². The van der Waals surface area contributed by atoms with Crippen LogP contribution in [0.2, 0.25) is 0 Å². The minimum Gasteiger partial charge on any atom is -0.504 e. The van der Waals surface area contributed by atoms with Crippen LogP contribution in [-0.2, 0) is 0 Å². The summed E-state index contributed by atoms with van der Waals surface area (Å²) < 4.78 is 14.3. The van der Waals surface area contributed by atoms with E-state index in [-0.39, 0.29) is 23.8 Å². The zero-order valence-electron chi connectivity index (χ0n) is 13.4. The lowest BCUT2D eigenvalue weighted by Gasteiger charge is -2.28. The first-order valence-corrected chi connectivity index (χ1v) is 7.90. The fraction of sp³-hybridized carbons (Fsp3) is 0.412. The molecular weight excluding hydrogens is 313 g/mol. The fourth-order valence-corrected chi connectivity index (χ4v) is 3.13. The summed E-state index contributed by atoms with van der Waals surface area (Å²) in [5, 5.41) is 24.5. The van der Waals surface area contributed by atoms with E-state index < -0.39 is 11.5 Å². The van der Waals surface area contributed by atoms with Gasteiger partial charge in [-0.25, -0.2) is 9.07 Å². The molecule has 0 atom stereocenters. The average Bonchev–Trinajstić information content (AvgIpc) is 3.13. The number of aromatic nitrogens is 2. The lowest BCUT2D eigenvalue weighted by atomic mass is 10.0. The van der Waals surface area contributed by atoms with Crippen LogP contribution in [0.4, 0.5) is 4.39 Å². The summed E-state index contributed by atoms with van der Waals surface area (Å²) in [5.74, 6) is -1.10. The molecule has 24 heavy (non-hydrogen) atoms. The van der Waals surface area contributed by atoms with Crippen LogP contribution in [0, 0.1) is 5.82 Å². The Morgan fingerprint density at radius 2 is 1.96 bits per heavy atom. The molecule has 128 valence electrons. The first-order chi connectivity index (χ1) is 11.4. The molecule has 1 amide bonds. The number of carbonyl (C=O) groups is 1. The number of likely N-dealkylation sites (N-methyl/N-ethyl adjacent to an activating group) is 1. The Labute approximate surface area is 139 Å². The highest BCUT2D eigenvalue weighted by atomic mass is 19.1. The van der Waals surface area contributed by atoms with Gasteiger partial charge >= 0.3 is 0 Å². The van der Waals surface area contributed by atoms with Crippen LogP contribution in [0.25, 0.3) is 5.69 Å². The van der Waals surface area contributed by atoms with Gasteiger partial charge in [-0.05, 0) is 37.1 Å². The summed E-state index contributed by atoms with van der Waals surface area (Å²) in [6, 6.07) is 5.55. The lowest BCUT2D eigenvalue weighted by Crippen LogP contribution is -2.42. The molecule has 3 rings (SSSR count). The Hall–Kier alpha value is -2.41. The predicted octanol–water partition coefficient (Wildman–Crippen LogP) is 2.09. The molecule has 1 heterocycles. The third-order valence-electron chi connectivity index (χ3n) is 4.40. The second-order valence-electron chi connectivity index (χ2n) is 6.38. The van der Waals surface area contributed by atoms with E-state index in [2.05, 4.69) is 5.10 Å². The molecule has 1 aliphatic rings. The molecule has 1 fully saturated rings. The number of hydrogen-bond donors (Lipinski definition) is 2. The van der Waals surface area contributed by atoms with E-state index in [1.165, 1.54) is 40.0 Å². The first-order valence-electron chi connectivity index (χ1n) is 7.90. The number of rotatable bonds is 4. The van der Waals surface area contributed by atoms with Gasteiger partial charge in [-0.1, -0.05) is 12.8 Å². The van der Waals surface area contributed by atoms with E-state index in [1.54, 1.807) is 7.05 Å². The van der Waals surface area contributed by atoms with Crippen LogP contribution in [0.15, 0.2) is 30.5 Å². The van der Waals surface area contributed by atoms with Gasteiger partial charge in [0.15, 0.2) is 11.4 Å². The Balaban J connectivity index is 1.78. The molecule has 0 unspecified atom stereocenters. The monoisotopic (exact) mass is 333 g/mol. The number of halogens is 1. The summed E-state index contributed by atoms with van der Waals surface area (Å²) >= 11 is 0. The van der Waals surface area contributed by atoms with Crippen LogP contribution >= 0.6 is 0 Å². The average molecular weight is 333 g/mol. The summed E-state index contributed by atoms with van der Waals surface area (Å²) in [4.78, 5) is 13.9. The molecular formula is C17H20FN3O3. The fourth-order valence-electron chi connectivity index (χ4n) is 3.13. The smallest absolute Gasteiger partial charge is 0.278 e. The highest BCUT2D eigenvalue weighted by Crippen LogP contribution is 2.30. The minimum absolute atomic E-state index is 0.0941. The van der Waals surface area contributed by atoms with Crippen molar-refractivity contribution >= 4 is 5.91 Å². The topological polar surface area (TPSA) is 78.6 Å². The van der Waals surface area contributed by atoms with Gasteiger partial charge in [-0.3, -0.25) is 4.79 Å². The number of amides is 1. The molecule has 2 aromatic rings. The normalized spacial score (nSPS) is 16.3. The first kappa shape index (κ1) is 16.4. The Bertz CT molecular complexity index is 736. The van der Waals surface area contributed by atoms with Crippen LogP contribution in [0.3, 0.4) is 0 Å². The van der Waals surface area contributed by atoms with Crippen molar-refractivity contribution in [2.24, 2.45) is 0 Å². The maximum absolute atomic E-state index is 13.0. The van der Waals surface area contributed by atoms with E-state index in [9.17, 15) is 19.4 Å². The number of hydrogen-bond acceptors (Lipinski definition) is 4. The quantitative estimate of drug-likeness (QED) is 0.898. The Morgan fingerprint density at radius 3 is 2.58 bits per heavy atom. The van der Waals surface area contributed by atoms with Crippen molar-refractivity contribution in [3.8, 4) is 11.4 Å². The van der Waals surface area contributed by atoms with Gasteiger partial charge in [0.25, 0.3) is 5.91 Å². The molecule has 0 spiro atoms. The molecule has 1 aromatic heterocycles. The van der Waals surface area contributed by atoms with Crippen molar-refractivity contribution < 1.29 is 19.4 Å². The summed E-state index contributed by atoms with van der Waals surface area (Å²) in [5.41, 5.74) is -0.425. The van der Waals surface area contributed by atoms with Crippen LogP contribution in [0.5, 0.6) is 5.75 Å². The third kappa shape index (κ3) is 3.26. The molecule has 0 bridgehead atoms. The summed E-state index contributed by atoms with van der Waals surface area (Å²) in [6.45, 7) is 0.203.